The van der Waals surface area contributed by atoms with Crippen molar-refractivity contribution in [1.29, 1.82) is 0 Å². The van der Waals surface area contributed by atoms with Crippen molar-refractivity contribution in [2.24, 2.45) is 0 Å². The van der Waals surface area contributed by atoms with Crippen LogP contribution in [-0.4, -0.2) is 78.8 Å². The normalized spacial score (nSPS) is 23.5. The molecule has 10 heteroatoms. The molecule has 10 nitrogen and oxygen atoms in total. The first-order valence-corrected chi connectivity index (χ1v) is 11.0. The number of phenols is 4. The Bertz CT molecular complexity index is 978. The zero-order valence-corrected chi connectivity index (χ0v) is 18.4. The maximum Gasteiger partial charge on any atom is 0.186 e. The highest BCUT2D eigenvalue weighted by molar-refractivity contribution is 5.79. The molecule has 0 saturated carbocycles. The van der Waals surface area contributed by atoms with Crippen molar-refractivity contribution in [3.8, 4) is 23.0 Å². The molecule has 0 unspecified atom stereocenters. The number of aromatic hydroxyl groups is 4. The highest BCUT2D eigenvalue weighted by Crippen LogP contribution is 2.28. The average Bonchev–Trinajstić information content (AvgIpc) is 2.80. The van der Waals surface area contributed by atoms with E-state index < -0.39 is 30.7 Å². The average molecular weight is 478 g/mol. The molecule has 5 atom stereocenters. The lowest BCUT2D eigenvalue weighted by molar-refractivity contribution is -0.282. The van der Waals surface area contributed by atoms with Crippen LogP contribution in [-0.2, 0) is 27.1 Å². The van der Waals surface area contributed by atoms with Gasteiger partial charge in [-0.25, -0.2) is 0 Å². The van der Waals surface area contributed by atoms with Crippen molar-refractivity contribution in [1.82, 2.24) is 0 Å². The quantitative estimate of drug-likeness (QED) is 0.242. The summed E-state index contributed by atoms with van der Waals surface area (Å²) < 4.78 is 11.1. The zero-order chi connectivity index (χ0) is 24.8. The standard InChI is InChI=1S/C24H30O10/c25-15(5-1-13-3-7-17(26)19(28)9-13)11-16(6-2-14-4-8-18(27)20(29)10-14)34-24-23(32)22(31)21(30)12-33-24/h3-4,7-10,16,21-24,26-32H,1-2,5-6,11-12H2/t16-,21+,22-,23+,24-/m0/s1. The molecule has 1 fully saturated rings. The van der Waals surface area contributed by atoms with Crippen LogP contribution in [0, 0.1) is 0 Å². The summed E-state index contributed by atoms with van der Waals surface area (Å²) in [7, 11) is 0. The Balaban J connectivity index is 1.63. The molecule has 0 aromatic heterocycles. The van der Waals surface area contributed by atoms with E-state index in [0.717, 1.165) is 0 Å². The number of carbonyl (C=O) groups is 1. The van der Waals surface area contributed by atoms with Crippen molar-refractivity contribution < 1.29 is 50.0 Å². The molecule has 7 N–H and O–H groups in total. The number of hydrogen-bond donors (Lipinski definition) is 7. The van der Waals surface area contributed by atoms with Crippen molar-refractivity contribution in [3.63, 3.8) is 0 Å². The Morgan fingerprint density at radius 2 is 1.47 bits per heavy atom. The number of phenolic OH excluding ortho intramolecular Hbond substituents is 4. The van der Waals surface area contributed by atoms with Crippen molar-refractivity contribution in [2.75, 3.05) is 6.61 Å². The van der Waals surface area contributed by atoms with Gasteiger partial charge in [-0.2, -0.15) is 0 Å². The minimum absolute atomic E-state index is 0.0284. The second-order valence-corrected chi connectivity index (χ2v) is 8.44. The van der Waals surface area contributed by atoms with Gasteiger partial charge in [-0.1, -0.05) is 12.1 Å². The molecule has 1 aliphatic heterocycles. The van der Waals surface area contributed by atoms with Crippen molar-refractivity contribution in [2.45, 2.75) is 62.8 Å². The Morgan fingerprint density at radius 1 is 0.882 bits per heavy atom. The number of Topliss-reactive ketones (excluding diaryl/α,β-unsaturated/α-hetero) is 1. The third-order valence-electron chi connectivity index (χ3n) is 5.76. The third-order valence-corrected chi connectivity index (χ3v) is 5.76. The van der Waals surface area contributed by atoms with Gasteiger partial charge in [0.15, 0.2) is 29.3 Å². The van der Waals surface area contributed by atoms with Gasteiger partial charge in [0.25, 0.3) is 0 Å². The molecular formula is C24H30O10. The molecule has 186 valence electrons. The minimum atomic E-state index is -1.50. The minimum Gasteiger partial charge on any atom is -0.504 e. The molecule has 2 aromatic carbocycles. The van der Waals surface area contributed by atoms with Gasteiger partial charge >= 0.3 is 0 Å². The number of ether oxygens (including phenoxy) is 2. The van der Waals surface area contributed by atoms with E-state index in [2.05, 4.69) is 0 Å². The molecule has 0 aliphatic carbocycles. The van der Waals surface area contributed by atoms with E-state index in [0.29, 0.717) is 30.4 Å². The summed E-state index contributed by atoms with van der Waals surface area (Å²) in [5, 5.41) is 67.9. The number of aryl methyl sites for hydroxylation is 2. The van der Waals surface area contributed by atoms with E-state index >= 15 is 0 Å². The number of carbonyl (C=O) groups excluding carboxylic acids is 1. The molecular weight excluding hydrogens is 448 g/mol. The summed E-state index contributed by atoms with van der Waals surface area (Å²) in [6.45, 7) is -0.236. The molecule has 0 radical (unpaired) electrons. The van der Waals surface area contributed by atoms with E-state index in [-0.39, 0.29) is 48.2 Å². The lowest BCUT2D eigenvalue weighted by atomic mass is 9.99. The topological polar surface area (TPSA) is 177 Å². The summed E-state index contributed by atoms with van der Waals surface area (Å²) in [6.07, 6.45) is -5.02. The van der Waals surface area contributed by atoms with Crippen LogP contribution < -0.4 is 0 Å². The summed E-state index contributed by atoms with van der Waals surface area (Å²) in [5.74, 6) is -1.20. The van der Waals surface area contributed by atoms with E-state index in [9.17, 15) is 40.5 Å². The van der Waals surface area contributed by atoms with Gasteiger partial charge in [0.1, 0.15) is 24.1 Å². The van der Waals surface area contributed by atoms with Crippen LogP contribution in [0.2, 0.25) is 0 Å². The molecule has 1 heterocycles. The molecule has 34 heavy (non-hydrogen) atoms. The van der Waals surface area contributed by atoms with E-state index in [1.54, 1.807) is 12.1 Å². The molecule has 2 aromatic rings. The van der Waals surface area contributed by atoms with Crippen LogP contribution in [0.15, 0.2) is 36.4 Å². The smallest absolute Gasteiger partial charge is 0.186 e. The highest BCUT2D eigenvalue weighted by atomic mass is 16.7. The molecule has 1 aliphatic rings. The fraction of sp³-hybridized carbons (Fsp3) is 0.458. The van der Waals surface area contributed by atoms with Gasteiger partial charge in [0.05, 0.1) is 12.7 Å². The van der Waals surface area contributed by atoms with Crippen molar-refractivity contribution >= 4 is 5.78 Å². The number of ketones is 1. The summed E-state index contributed by atoms with van der Waals surface area (Å²) in [6, 6.07) is 8.70. The number of aliphatic hydroxyl groups excluding tert-OH is 3. The number of aliphatic hydroxyl groups is 3. The fourth-order valence-corrected chi connectivity index (χ4v) is 3.72. The lowest BCUT2D eigenvalue weighted by Gasteiger charge is -2.36. The first kappa shape index (κ1) is 25.7. The zero-order valence-electron chi connectivity index (χ0n) is 18.4. The number of hydrogen-bond acceptors (Lipinski definition) is 10. The fourth-order valence-electron chi connectivity index (χ4n) is 3.72. The van der Waals surface area contributed by atoms with Crippen LogP contribution in [0.4, 0.5) is 0 Å². The second kappa shape index (κ2) is 11.5. The van der Waals surface area contributed by atoms with Gasteiger partial charge in [-0.05, 0) is 54.7 Å². The molecule has 3 rings (SSSR count). The van der Waals surface area contributed by atoms with Gasteiger partial charge < -0.3 is 45.2 Å². The largest absolute Gasteiger partial charge is 0.504 e. The third kappa shape index (κ3) is 6.81. The maximum atomic E-state index is 12.7. The van der Waals surface area contributed by atoms with Crippen LogP contribution in [0.25, 0.3) is 0 Å². The number of benzene rings is 2. The van der Waals surface area contributed by atoms with E-state index in [1.165, 1.54) is 24.3 Å². The lowest BCUT2D eigenvalue weighted by Crippen LogP contribution is -2.54. The Hall–Kier alpha value is -2.89. The van der Waals surface area contributed by atoms with Gasteiger partial charge in [-0.15, -0.1) is 0 Å². The van der Waals surface area contributed by atoms with Gasteiger partial charge in [-0.3, -0.25) is 4.79 Å². The Morgan fingerprint density at radius 3 is 2.06 bits per heavy atom. The number of rotatable bonds is 10. The SMILES string of the molecule is O=C(CCc1ccc(O)c(O)c1)C[C@H](CCc1ccc(O)c(O)c1)O[C@@H]1OC[C@@H](O)[C@H](O)[C@H]1O. The molecule has 0 spiro atoms. The monoisotopic (exact) mass is 478 g/mol. The predicted octanol–water partition coefficient (Wildman–Crippen LogP) is 0.858. The van der Waals surface area contributed by atoms with Gasteiger partial charge in [0, 0.05) is 12.8 Å². The maximum absolute atomic E-state index is 12.7. The first-order chi connectivity index (χ1) is 16.1. The Kier molecular flexibility index (Phi) is 8.70. The van der Waals surface area contributed by atoms with Crippen LogP contribution in [0.1, 0.15) is 30.4 Å². The molecule has 0 amide bonds. The predicted molar refractivity (Wildman–Crippen MR) is 118 cm³/mol. The highest BCUT2D eigenvalue weighted by Gasteiger charge is 2.39. The van der Waals surface area contributed by atoms with Crippen LogP contribution in [0.3, 0.4) is 0 Å². The molecule has 0 bridgehead atoms. The van der Waals surface area contributed by atoms with Crippen LogP contribution >= 0.6 is 0 Å². The summed E-state index contributed by atoms with van der Waals surface area (Å²) in [4.78, 5) is 12.7. The van der Waals surface area contributed by atoms with E-state index in [1.807, 2.05) is 0 Å². The van der Waals surface area contributed by atoms with E-state index in [4.69, 9.17) is 9.47 Å². The first-order valence-electron chi connectivity index (χ1n) is 11.0. The second-order valence-electron chi connectivity index (χ2n) is 8.44. The Labute approximate surface area is 196 Å². The van der Waals surface area contributed by atoms with Gasteiger partial charge in [0.2, 0.25) is 0 Å². The summed E-state index contributed by atoms with van der Waals surface area (Å²) >= 11 is 0. The molecule has 1 saturated heterocycles. The van der Waals surface area contributed by atoms with Crippen LogP contribution in [0.5, 0.6) is 23.0 Å². The van der Waals surface area contributed by atoms with Crippen molar-refractivity contribution in [3.05, 3.63) is 47.5 Å². The summed E-state index contributed by atoms with van der Waals surface area (Å²) in [5.41, 5.74) is 1.36.